The summed E-state index contributed by atoms with van der Waals surface area (Å²) in [5.41, 5.74) is 8.70. The lowest BCUT2D eigenvalue weighted by atomic mass is 9.98. The molecular formula is C16H22N4O. The Balaban J connectivity index is 1.86. The summed E-state index contributed by atoms with van der Waals surface area (Å²) in [4.78, 5) is 12.0. The lowest BCUT2D eigenvalue weighted by molar-refractivity contribution is 0.0948. The van der Waals surface area contributed by atoms with Crippen molar-refractivity contribution in [2.45, 2.75) is 32.6 Å². The highest BCUT2D eigenvalue weighted by Crippen LogP contribution is 2.18. The second kappa shape index (κ2) is 6.92. The minimum Gasteiger partial charge on any atom is -0.395 e. The zero-order valence-corrected chi connectivity index (χ0v) is 12.5. The van der Waals surface area contributed by atoms with Gasteiger partial charge in [0.05, 0.1) is 11.4 Å². The van der Waals surface area contributed by atoms with E-state index in [4.69, 9.17) is 5.73 Å². The van der Waals surface area contributed by atoms with Gasteiger partial charge in [0, 0.05) is 6.54 Å². The molecule has 0 bridgehead atoms. The number of carbonyl (C=O) groups is 1. The molecule has 112 valence electrons. The summed E-state index contributed by atoms with van der Waals surface area (Å²) in [7, 11) is 0. The highest BCUT2D eigenvalue weighted by molar-refractivity contribution is 5.97. The first-order valence-electron chi connectivity index (χ1n) is 7.29. The number of aromatic amines is 1. The SMILES string of the molecule is CCc1[nH]nc(C(=O)NCCC(C)c2ccccc2)c1N. The molecule has 4 N–H and O–H groups in total. The third-order valence-corrected chi connectivity index (χ3v) is 3.68. The highest BCUT2D eigenvalue weighted by atomic mass is 16.1. The minimum absolute atomic E-state index is 0.219. The molecule has 0 aliphatic carbocycles. The molecule has 2 aromatic rings. The molecule has 1 atom stereocenters. The van der Waals surface area contributed by atoms with Crippen LogP contribution in [0.5, 0.6) is 0 Å². The summed E-state index contributed by atoms with van der Waals surface area (Å²) < 4.78 is 0. The van der Waals surface area contributed by atoms with Crippen LogP contribution in [0.1, 0.15) is 47.9 Å². The number of rotatable bonds is 6. The molecule has 0 aliphatic rings. The molecule has 0 saturated carbocycles. The molecule has 0 saturated heterocycles. The van der Waals surface area contributed by atoms with Gasteiger partial charge in [0.2, 0.25) is 0 Å². The number of benzene rings is 1. The number of nitrogen functional groups attached to an aromatic ring is 1. The second-order valence-corrected chi connectivity index (χ2v) is 5.17. The third-order valence-electron chi connectivity index (χ3n) is 3.68. The van der Waals surface area contributed by atoms with Crippen molar-refractivity contribution in [1.29, 1.82) is 0 Å². The molecule has 1 heterocycles. The molecule has 1 amide bonds. The molecule has 1 aromatic heterocycles. The number of hydrogen-bond acceptors (Lipinski definition) is 3. The van der Waals surface area contributed by atoms with E-state index in [0.29, 0.717) is 23.8 Å². The van der Waals surface area contributed by atoms with Crippen molar-refractivity contribution in [2.75, 3.05) is 12.3 Å². The lowest BCUT2D eigenvalue weighted by Gasteiger charge is -2.12. The molecule has 0 aliphatic heterocycles. The van der Waals surface area contributed by atoms with E-state index in [0.717, 1.165) is 18.5 Å². The van der Waals surface area contributed by atoms with Gasteiger partial charge >= 0.3 is 0 Å². The van der Waals surface area contributed by atoms with E-state index < -0.39 is 0 Å². The number of anilines is 1. The van der Waals surface area contributed by atoms with Crippen LogP contribution in [0.4, 0.5) is 5.69 Å². The molecule has 1 unspecified atom stereocenters. The summed E-state index contributed by atoms with van der Waals surface area (Å²) in [5, 5.41) is 9.65. The van der Waals surface area contributed by atoms with Crippen LogP contribution in [0.2, 0.25) is 0 Å². The van der Waals surface area contributed by atoms with Crippen molar-refractivity contribution < 1.29 is 4.79 Å². The van der Waals surface area contributed by atoms with Gasteiger partial charge in [0.25, 0.3) is 5.91 Å². The normalized spacial score (nSPS) is 12.1. The fourth-order valence-electron chi connectivity index (χ4n) is 2.26. The van der Waals surface area contributed by atoms with Crippen LogP contribution in [-0.4, -0.2) is 22.6 Å². The van der Waals surface area contributed by atoms with E-state index in [1.54, 1.807) is 0 Å². The zero-order valence-electron chi connectivity index (χ0n) is 12.5. The number of aromatic nitrogens is 2. The Labute approximate surface area is 124 Å². The molecule has 5 nitrogen and oxygen atoms in total. The lowest BCUT2D eigenvalue weighted by Crippen LogP contribution is -2.26. The van der Waals surface area contributed by atoms with Gasteiger partial charge in [-0.15, -0.1) is 0 Å². The van der Waals surface area contributed by atoms with Gasteiger partial charge in [-0.3, -0.25) is 9.89 Å². The molecule has 0 fully saturated rings. The summed E-state index contributed by atoms with van der Waals surface area (Å²) in [5.74, 6) is 0.179. The number of nitrogens with zero attached hydrogens (tertiary/aromatic N) is 1. The van der Waals surface area contributed by atoms with Crippen LogP contribution < -0.4 is 11.1 Å². The zero-order chi connectivity index (χ0) is 15.2. The molecule has 2 rings (SSSR count). The quantitative estimate of drug-likeness (QED) is 0.762. The smallest absolute Gasteiger partial charge is 0.273 e. The van der Waals surface area contributed by atoms with Crippen molar-refractivity contribution in [3.8, 4) is 0 Å². The summed E-state index contributed by atoms with van der Waals surface area (Å²) in [6.07, 6.45) is 1.61. The topological polar surface area (TPSA) is 83.8 Å². The molecule has 21 heavy (non-hydrogen) atoms. The summed E-state index contributed by atoms with van der Waals surface area (Å²) in [6.45, 7) is 4.72. The Morgan fingerprint density at radius 1 is 1.38 bits per heavy atom. The fraction of sp³-hybridized carbons (Fsp3) is 0.375. The standard InChI is InChI=1S/C16H22N4O/c1-3-13-14(17)15(20-19-13)16(21)18-10-9-11(2)12-7-5-4-6-8-12/h4-8,11H,3,9-10,17H2,1-2H3,(H,18,21)(H,19,20). The van der Waals surface area contributed by atoms with Gasteiger partial charge < -0.3 is 11.1 Å². The van der Waals surface area contributed by atoms with E-state index in [2.05, 4.69) is 34.6 Å². The number of hydrogen-bond donors (Lipinski definition) is 3. The Hall–Kier alpha value is -2.30. The maximum Gasteiger partial charge on any atom is 0.273 e. The average molecular weight is 286 g/mol. The molecule has 1 aromatic carbocycles. The van der Waals surface area contributed by atoms with Crippen LogP contribution in [-0.2, 0) is 6.42 Å². The van der Waals surface area contributed by atoms with Crippen molar-refractivity contribution in [3.63, 3.8) is 0 Å². The van der Waals surface area contributed by atoms with Gasteiger partial charge in [0.15, 0.2) is 5.69 Å². The van der Waals surface area contributed by atoms with Crippen molar-refractivity contribution in [3.05, 3.63) is 47.3 Å². The van der Waals surface area contributed by atoms with Crippen LogP contribution in [0.3, 0.4) is 0 Å². The molecule has 0 radical (unpaired) electrons. The highest BCUT2D eigenvalue weighted by Gasteiger charge is 2.16. The number of nitrogens with one attached hydrogen (secondary N) is 2. The van der Waals surface area contributed by atoms with Crippen molar-refractivity contribution in [1.82, 2.24) is 15.5 Å². The number of amides is 1. The number of aryl methyl sites for hydroxylation is 1. The Kier molecular flexibility index (Phi) is 4.98. The van der Waals surface area contributed by atoms with E-state index in [-0.39, 0.29) is 5.91 Å². The van der Waals surface area contributed by atoms with E-state index in [1.165, 1.54) is 5.56 Å². The predicted molar refractivity (Wildman–Crippen MR) is 84.2 cm³/mol. The van der Waals surface area contributed by atoms with Crippen LogP contribution >= 0.6 is 0 Å². The number of carbonyl (C=O) groups excluding carboxylic acids is 1. The van der Waals surface area contributed by atoms with Gasteiger partial charge in [0.1, 0.15) is 0 Å². The van der Waals surface area contributed by atoms with E-state index in [9.17, 15) is 4.79 Å². The maximum absolute atomic E-state index is 12.0. The van der Waals surface area contributed by atoms with Crippen LogP contribution in [0.25, 0.3) is 0 Å². The number of H-pyrrole nitrogens is 1. The Morgan fingerprint density at radius 2 is 2.10 bits per heavy atom. The van der Waals surface area contributed by atoms with Crippen LogP contribution in [0, 0.1) is 0 Å². The number of nitrogens with two attached hydrogens (primary N) is 1. The summed E-state index contributed by atoms with van der Waals surface area (Å²) in [6, 6.07) is 10.3. The van der Waals surface area contributed by atoms with Gasteiger partial charge in [-0.25, -0.2) is 0 Å². The minimum atomic E-state index is -0.219. The predicted octanol–water partition coefficient (Wildman–Crippen LogP) is 2.48. The van der Waals surface area contributed by atoms with Gasteiger partial charge in [-0.05, 0) is 24.3 Å². The van der Waals surface area contributed by atoms with Gasteiger partial charge in [-0.1, -0.05) is 44.2 Å². The second-order valence-electron chi connectivity index (χ2n) is 5.17. The van der Waals surface area contributed by atoms with Crippen molar-refractivity contribution >= 4 is 11.6 Å². The van der Waals surface area contributed by atoms with E-state index in [1.807, 2.05) is 25.1 Å². The maximum atomic E-state index is 12.0. The Morgan fingerprint density at radius 3 is 2.71 bits per heavy atom. The first-order chi connectivity index (χ1) is 10.1. The van der Waals surface area contributed by atoms with Crippen LogP contribution in [0.15, 0.2) is 30.3 Å². The van der Waals surface area contributed by atoms with E-state index >= 15 is 0 Å². The monoisotopic (exact) mass is 286 g/mol. The first-order valence-corrected chi connectivity index (χ1v) is 7.29. The van der Waals surface area contributed by atoms with Crippen molar-refractivity contribution in [2.24, 2.45) is 0 Å². The summed E-state index contributed by atoms with van der Waals surface area (Å²) >= 11 is 0. The average Bonchev–Trinajstić information content (AvgIpc) is 2.88. The fourth-order valence-corrected chi connectivity index (χ4v) is 2.26. The molecule has 5 heteroatoms. The third kappa shape index (κ3) is 3.62. The largest absolute Gasteiger partial charge is 0.395 e. The van der Waals surface area contributed by atoms with Gasteiger partial charge in [-0.2, -0.15) is 5.10 Å². The molecule has 0 spiro atoms. The molecular weight excluding hydrogens is 264 g/mol. The first kappa shape index (κ1) is 15.1. The Bertz CT molecular complexity index is 592.